The average Bonchev–Trinajstić information content (AvgIpc) is 2.48. The van der Waals surface area contributed by atoms with Crippen molar-refractivity contribution >= 4 is 16.8 Å². The summed E-state index contributed by atoms with van der Waals surface area (Å²) in [7, 11) is -0.916. The molecule has 2 rings (SSSR count). The van der Waals surface area contributed by atoms with Gasteiger partial charge in [-0.3, -0.25) is 4.21 Å². The van der Waals surface area contributed by atoms with Crippen LogP contribution >= 0.6 is 0 Å². The molecule has 1 aliphatic carbocycles. The molecule has 1 atom stereocenters. The Morgan fingerprint density at radius 3 is 2.73 bits per heavy atom. The Morgan fingerprint density at radius 2 is 2.27 bits per heavy atom. The third-order valence-electron chi connectivity index (χ3n) is 2.58. The highest BCUT2D eigenvalue weighted by Gasteiger charge is 2.24. The van der Waals surface area contributed by atoms with Crippen molar-refractivity contribution in [3.8, 4) is 0 Å². The number of carbonyl (C=O) groups is 1. The van der Waals surface area contributed by atoms with Gasteiger partial charge in [0.2, 0.25) is 5.76 Å². The van der Waals surface area contributed by atoms with Gasteiger partial charge >= 0.3 is 5.97 Å². The molecule has 15 heavy (non-hydrogen) atoms. The van der Waals surface area contributed by atoms with Crippen LogP contribution in [0.4, 0.5) is 0 Å². The highest BCUT2D eigenvalue weighted by atomic mass is 32.2. The van der Waals surface area contributed by atoms with Gasteiger partial charge in [-0.05, 0) is 25.0 Å². The molecule has 4 nitrogen and oxygen atoms in total. The highest BCUT2D eigenvalue weighted by Crippen LogP contribution is 2.26. The lowest BCUT2D eigenvalue weighted by Gasteiger charge is -2.23. The molecule has 1 fully saturated rings. The fourth-order valence-corrected chi connectivity index (χ4v) is 2.99. The first-order chi connectivity index (χ1) is 7.16. The van der Waals surface area contributed by atoms with Crippen molar-refractivity contribution in [1.82, 2.24) is 0 Å². The zero-order chi connectivity index (χ0) is 10.8. The van der Waals surface area contributed by atoms with Crippen LogP contribution in [0.25, 0.3) is 0 Å². The third kappa shape index (κ3) is 2.28. The topological polar surface area (TPSA) is 67.5 Å². The second kappa shape index (κ2) is 4.18. The summed E-state index contributed by atoms with van der Waals surface area (Å²) < 4.78 is 16.7. The van der Waals surface area contributed by atoms with E-state index >= 15 is 0 Å². The molecule has 0 amide bonds. The van der Waals surface area contributed by atoms with E-state index in [1.54, 1.807) is 6.07 Å². The first-order valence-corrected chi connectivity index (χ1v) is 6.24. The van der Waals surface area contributed by atoms with Gasteiger partial charge in [-0.15, -0.1) is 0 Å². The maximum atomic E-state index is 11.7. The van der Waals surface area contributed by atoms with E-state index in [2.05, 4.69) is 0 Å². The minimum absolute atomic E-state index is 0.0874. The van der Waals surface area contributed by atoms with Gasteiger partial charge < -0.3 is 9.52 Å². The normalized spacial score (nSPS) is 18.4. The number of aromatic carboxylic acids is 1. The monoisotopic (exact) mass is 228 g/mol. The molecular weight excluding hydrogens is 216 g/mol. The summed E-state index contributed by atoms with van der Waals surface area (Å²) in [6.07, 6.45) is 3.17. The van der Waals surface area contributed by atoms with Gasteiger partial charge in [-0.2, -0.15) is 0 Å². The van der Waals surface area contributed by atoms with Crippen LogP contribution in [-0.4, -0.2) is 20.5 Å². The minimum Gasteiger partial charge on any atom is -0.475 e. The van der Waals surface area contributed by atoms with Crippen LogP contribution in [0.2, 0.25) is 0 Å². The van der Waals surface area contributed by atoms with Crippen molar-refractivity contribution in [3.63, 3.8) is 0 Å². The molecule has 1 aromatic heterocycles. The van der Waals surface area contributed by atoms with E-state index in [0.717, 1.165) is 19.3 Å². The lowest BCUT2D eigenvalue weighted by molar-refractivity contribution is 0.0661. The van der Waals surface area contributed by atoms with Gasteiger partial charge in [0, 0.05) is 16.0 Å². The highest BCUT2D eigenvalue weighted by molar-refractivity contribution is 7.84. The Labute approximate surface area is 89.7 Å². The molecule has 1 saturated carbocycles. The molecule has 82 valence electrons. The van der Waals surface area contributed by atoms with Gasteiger partial charge in [0.1, 0.15) is 5.76 Å². The van der Waals surface area contributed by atoms with Crippen LogP contribution in [0.1, 0.15) is 35.6 Å². The van der Waals surface area contributed by atoms with Crippen LogP contribution in [0.5, 0.6) is 0 Å². The first kappa shape index (κ1) is 10.4. The standard InChI is InChI=1S/C10H12O4S/c11-10(12)9-5-4-7(14-9)6-15(13)8-2-1-3-8/h4-5,8H,1-3,6H2,(H,11,12). The summed E-state index contributed by atoms with van der Waals surface area (Å²) >= 11 is 0. The summed E-state index contributed by atoms with van der Waals surface area (Å²) in [5.74, 6) is -0.346. The number of rotatable bonds is 4. The molecule has 0 bridgehead atoms. The Bertz CT molecular complexity index is 392. The van der Waals surface area contributed by atoms with Crippen molar-refractivity contribution in [1.29, 1.82) is 0 Å². The third-order valence-corrected chi connectivity index (χ3v) is 4.36. The fourth-order valence-electron chi connectivity index (χ4n) is 1.46. The Kier molecular flexibility index (Phi) is 2.90. The quantitative estimate of drug-likeness (QED) is 0.852. The molecule has 0 radical (unpaired) electrons. The molecule has 1 aromatic rings. The van der Waals surface area contributed by atoms with E-state index in [1.807, 2.05) is 0 Å². The van der Waals surface area contributed by atoms with E-state index < -0.39 is 16.8 Å². The molecule has 0 saturated heterocycles. The van der Waals surface area contributed by atoms with Crippen LogP contribution in [0, 0.1) is 0 Å². The zero-order valence-electron chi connectivity index (χ0n) is 8.14. The van der Waals surface area contributed by atoms with Gasteiger partial charge in [-0.1, -0.05) is 6.42 Å². The molecule has 1 heterocycles. The van der Waals surface area contributed by atoms with Crippen molar-refractivity contribution in [2.75, 3.05) is 0 Å². The molecule has 1 N–H and O–H groups in total. The Balaban J connectivity index is 1.97. The molecule has 5 heteroatoms. The van der Waals surface area contributed by atoms with Crippen molar-refractivity contribution in [3.05, 3.63) is 23.7 Å². The van der Waals surface area contributed by atoms with E-state index in [-0.39, 0.29) is 11.0 Å². The molecule has 0 aromatic carbocycles. The second-order valence-corrected chi connectivity index (χ2v) is 5.37. The van der Waals surface area contributed by atoms with Gasteiger partial charge in [0.05, 0.1) is 5.75 Å². The SMILES string of the molecule is O=C(O)c1ccc(CS(=O)C2CCC2)o1. The average molecular weight is 228 g/mol. The summed E-state index contributed by atoms with van der Waals surface area (Å²) in [4.78, 5) is 10.5. The summed E-state index contributed by atoms with van der Waals surface area (Å²) in [6, 6.07) is 2.98. The second-order valence-electron chi connectivity index (χ2n) is 3.65. The summed E-state index contributed by atoms with van der Waals surface area (Å²) in [5.41, 5.74) is 0. The summed E-state index contributed by atoms with van der Waals surface area (Å²) in [6.45, 7) is 0. The smallest absolute Gasteiger partial charge is 0.371 e. The molecule has 0 spiro atoms. The number of carboxylic acids is 1. The first-order valence-electron chi connectivity index (χ1n) is 4.86. The lowest BCUT2D eigenvalue weighted by Crippen LogP contribution is -2.24. The molecular formula is C10H12O4S. The number of hydrogen-bond donors (Lipinski definition) is 1. The molecule has 1 aliphatic rings. The van der Waals surface area contributed by atoms with E-state index in [0.29, 0.717) is 11.5 Å². The minimum atomic E-state index is -1.09. The van der Waals surface area contributed by atoms with Crippen LogP contribution in [-0.2, 0) is 16.6 Å². The number of furan rings is 1. The molecule has 0 aliphatic heterocycles. The van der Waals surface area contributed by atoms with Crippen molar-refractivity contribution in [2.24, 2.45) is 0 Å². The fraction of sp³-hybridized carbons (Fsp3) is 0.500. The largest absolute Gasteiger partial charge is 0.475 e. The van der Waals surface area contributed by atoms with E-state index in [4.69, 9.17) is 9.52 Å². The Hall–Kier alpha value is -1.10. The Morgan fingerprint density at radius 1 is 1.53 bits per heavy atom. The van der Waals surface area contributed by atoms with E-state index in [9.17, 15) is 9.00 Å². The van der Waals surface area contributed by atoms with E-state index in [1.165, 1.54) is 6.07 Å². The van der Waals surface area contributed by atoms with Gasteiger partial charge in [-0.25, -0.2) is 4.79 Å². The van der Waals surface area contributed by atoms with Crippen molar-refractivity contribution in [2.45, 2.75) is 30.3 Å². The number of hydrogen-bond acceptors (Lipinski definition) is 3. The van der Waals surface area contributed by atoms with Gasteiger partial charge in [0.15, 0.2) is 0 Å². The van der Waals surface area contributed by atoms with Crippen LogP contribution < -0.4 is 0 Å². The van der Waals surface area contributed by atoms with Crippen LogP contribution in [0.15, 0.2) is 16.5 Å². The van der Waals surface area contributed by atoms with Crippen LogP contribution in [0.3, 0.4) is 0 Å². The van der Waals surface area contributed by atoms with Crippen molar-refractivity contribution < 1.29 is 18.5 Å². The maximum absolute atomic E-state index is 11.7. The number of carboxylic acid groups (broad SMARTS) is 1. The maximum Gasteiger partial charge on any atom is 0.371 e. The zero-order valence-corrected chi connectivity index (χ0v) is 8.96. The predicted molar refractivity (Wildman–Crippen MR) is 55.2 cm³/mol. The van der Waals surface area contributed by atoms with Gasteiger partial charge in [0.25, 0.3) is 0 Å². The molecule has 1 unspecified atom stereocenters. The lowest BCUT2D eigenvalue weighted by atomic mass is 10.0. The predicted octanol–water partition coefficient (Wildman–Crippen LogP) is 1.78. The summed E-state index contributed by atoms with van der Waals surface area (Å²) in [5, 5.41) is 8.91.